The van der Waals surface area contributed by atoms with Crippen LogP contribution >= 0.6 is 27.5 Å². The molecule has 3 aromatic heterocycles. The predicted molar refractivity (Wildman–Crippen MR) is 219 cm³/mol. The fraction of sp³-hybridized carbons (Fsp3) is 0.163. The smallest absolute Gasteiger partial charge is 0.205 e. The lowest BCUT2D eigenvalue weighted by atomic mass is 9.77. The zero-order chi connectivity index (χ0) is 37.8. The summed E-state index contributed by atoms with van der Waals surface area (Å²) >= 11 is 10.4. The van der Waals surface area contributed by atoms with Crippen LogP contribution in [0.25, 0.3) is 44.1 Å². The number of aromatic nitrogens is 6. The number of halogens is 2. The van der Waals surface area contributed by atoms with Crippen LogP contribution < -0.4 is 0 Å². The van der Waals surface area contributed by atoms with E-state index in [-0.39, 0.29) is 6.54 Å². The Labute approximate surface area is 331 Å². The molecule has 0 spiro atoms. The molecule has 0 aliphatic heterocycles. The van der Waals surface area contributed by atoms with Crippen molar-refractivity contribution in [3.8, 4) is 22.7 Å². The third-order valence-corrected chi connectivity index (χ3v) is 11.0. The molecule has 3 heterocycles. The SMILES string of the molecule is CCCCc1nc(Cl)c(CN=[N+]=[N-])n1Cc1ccc2oc(-c3ccccc3-c3nnn(C(c4ccccc4)(c4ccccc4)c4ccccc4)n3)c(Br)c2c1. The summed E-state index contributed by atoms with van der Waals surface area (Å²) in [4.78, 5) is 9.31. The first kappa shape index (κ1) is 36.0. The van der Waals surface area contributed by atoms with Gasteiger partial charge in [0.2, 0.25) is 5.82 Å². The quantitative estimate of drug-likeness (QED) is 0.0496. The summed E-state index contributed by atoms with van der Waals surface area (Å²) in [5.41, 5.74) is 15.1. The second-order valence-electron chi connectivity index (χ2n) is 13.2. The summed E-state index contributed by atoms with van der Waals surface area (Å²) in [5, 5.41) is 19.7. The standard InChI is InChI=1S/C43H35BrClN9O/c1-2-3-23-38-48-41(45)36(27-47-51-46)53(38)28-29-24-25-37-35(26-29)39(44)40(55-37)33-21-13-14-22-34(33)42-49-52-54(50-42)43(30-15-7-4-8-16-30,31-17-9-5-10-18-31)32-19-11-6-12-20-32/h4-22,24-26H,2-3,23,27-28H2,1H3. The van der Waals surface area contributed by atoms with E-state index in [1.165, 1.54) is 0 Å². The Balaban J connectivity index is 1.21. The monoisotopic (exact) mass is 807 g/mol. The van der Waals surface area contributed by atoms with Crippen LogP contribution in [0.2, 0.25) is 5.15 Å². The minimum atomic E-state index is -0.906. The highest BCUT2D eigenvalue weighted by atomic mass is 79.9. The van der Waals surface area contributed by atoms with Crippen LogP contribution in [0, 0.1) is 0 Å². The van der Waals surface area contributed by atoms with Crippen molar-refractivity contribution in [2.45, 2.75) is 44.8 Å². The molecular formula is C43H35BrClN9O. The average Bonchev–Trinajstić information content (AvgIpc) is 3.93. The van der Waals surface area contributed by atoms with Crippen molar-refractivity contribution in [2.24, 2.45) is 5.11 Å². The van der Waals surface area contributed by atoms with E-state index in [1.807, 2.05) is 91.0 Å². The van der Waals surface area contributed by atoms with Crippen molar-refractivity contribution >= 4 is 38.5 Å². The van der Waals surface area contributed by atoms with Gasteiger partial charge in [0.05, 0.1) is 16.7 Å². The highest BCUT2D eigenvalue weighted by Crippen LogP contribution is 2.43. The fourth-order valence-corrected chi connectivity index (χ4v) is 8.12. The van der Waals surface area contributed by atoms with Crippen molar-refractivity contribution in [1.82, 2.24) is 29.8 Å². The molecule has 0 bridgehead atoms. The van der Waals surface area contributed by atoms with Crippen LogP contribution in [-0.2, 0) is 25.0 Å². The average molecular weight is 809 g/mol. The molecule has 12 heteroatoms. The highest BCUT2D eigenvalue weighted by molar-refractivity contribution is 9.10. The molecule has 0 aliphatic carbocycles. The Morgan fingerprint density at radius 1 is 0.836 bits per heavy atom. The summed E-state index contributed by atoms with van der Waals surface area (Å²) in [7, 11) is 0. The van der Waals surface area contributed by atoms with Gasteiger partial charge in [0, 0.05) is 34.4 Å². The first-order valence-corrected chi connectivity index (χ1v) is 19.2. The normalized spacial score (nSPS) is 11.5. The van der Waals surface area contributed by atoms with Gasteiger partial charge in [-0.15, -0.1) is 15.0 Å². The lowest BCUT2D eigenvalue weighted by molar-refractivity contribution is 0.396. The number of benzene rings is 5. The Hall–Kier alpha value is -6.00. The van der Waals surface area contributed by atoms with Gasteiger partial charge in [0.25, 0.3) is 0 Å². The molecule has 0 radical (unpaired) electrons. The lowest BCUT2D eigenvalue weighted by Gasteiger charge is -2.34. The number of imidazole rings is 1. The zero-order valence-corrected chi connectivity index (χ0v) is 32.3. The number of hydrogen-bond acceptors (Lipinski definition) is 6. The fourth-order valence-electron chi connectivity index (χ4n) is 7.26. The van der Waals surface area contributed by atoms with E-state index in [9.17, 15) is 0 Å². The maximum atomic E-state index is 9.02. The molecule has 272 valence electrons. The minimum absolute atomic E-state index is 0.120. The molecule has 0 unspecified atom stereocenters. The van der Waals surface area contributed by atoms with Crippen molar-refractivity contribution in [1.29, 1.82) is 0 Å². The number of tetrazole rings is 1. The van der Waals surface area contributed by atoms with Crippen molar-refractivity contribution in [3.05, 3.63) is 187 Å². The zero-order valence-electron chi connectivity index (χ0n) is 29.9. The van der Waals surface area contributed by atoms with Gasteiger partial charge in [0.1, 0.15) is 17.2 Å². The number of furan rings is 1. The Morgan fingerprint density at radius 3 is 2.07 bits per heavy atom. The highest BCUT2D eigenvalue weighted by Gasteiger charge is 2.41. The van der Waals surface area contributed by atoms with Crippen LogP contribution in [0.3, 0.4) is 0 Å². The molecule has 8 aromatic rings. The molecule has 5 aromatic carbocycles. The molecule has 0 aliphatic rings. The number of rotatable bonds is 13. The minimum Gasteiger partial charge on any atom is -0.455 e. The number of hydrogen-bond donors (Lipinski definition) is 0. The number of nitrogens with zero attached hydrogens (tertiary/aromatic N) is 9. The maximum Gasteiger partial charge on any atom is 0.205 e. The summed E-state index contributed by atoms with van der Waals surface area (Å²) < 4.78 is 9.44. The summed E-state index contributed by atoms with van der Waals surface area (Å²) in [5.74, 6) is 1.98. The number of aryl methyl sites for hydroxylation is 1. The molecule has 0 saturated carbocycles. The molecule has 55 heavy (non-hydrogen) atoms. The van der Waals surface area contributed by atoms with E-state index in [0.717, 1.165) is 73.9 Å². The molecule has 0 amide bonds. The Bertz CT molecular complexity index is 2530. The molecule has 8 rings (SSSR count). The number of fused-ring (bicyclic) bond motifs is 1. The third-order valence-electron chi connectivity index (χ3n) is 9.87. The van der Waals surface area contributed by atoms with Gasteiger partial charge >= 0.3 is 0 Å². The first-order chi connectivity index (χ1) is 27.0. The van der Waals surface area contributed by atoms with Crippen LogP contribution in [0.1, 0.15) is 53.5 Å². The van der Waals surface area contributed by atoms with Crippen LogP contribution in [0.4, 0.5) is 0 Å². The van der Waals surface area contributed by atoms with Gasteiger partial charge in [-0.3, -0.25) is 0 Å². The van der Waals surface area contributed by atoms with Gasteiger partial charge in [0.15, 0.2) is 10.7 Å². The van der Waals surface area contributed by atoms with Crippen molar-refractivity contribution in [2.75, 3.05) is 0 Å². The molecule has 10 nitrogen and oxygen atoms in total. The molecule has 0 saturated heterocycles. The van der Waals surface area contributed by atoms with Crippen LogP contribution in [-0.4, -0.2) is 29.8 Å². The lowest BCUT2D eigenvalue weighted by Crippen LogP contribution is -2.39. The van der Waals surface area contributed by atoms with Gasteiger partial charge in [-0.1, -0.05) is 151 Å². The second kappa shape index (κ2) is 15.8. The summed E-state index contributed by atoms with van der Waals surface area (Å²) in [6.45, 7) is 2.77. The van der Waals surface area contributed by atoms with Crippen LogP contribution in [0.15, 0.2) is 147 Å². The topological polar surface area (TPSA) is 123 Å². The summed E-state index contributed by atoms with van der Waals surface area (Å²) in [6.07, 6.45) is 2.76. The summed E-state index contributed by atoms with van der Waals surface area (Å²) in [6, 6.07) is 44.9. The Kier molecular flexibility index (Phi) is 10.3. The van der Waals surface area contributed by atoms with E-state index in [4.69, 9.17) is 37.0 Å². The van der Waals surface area contributed by atoms with Gasteiger partial charge in [-0.2, -0.15) is 0 Å². The Morgan fingerprint density at radius 2 is 1.45 bits per heavy atom. The second-order valence-corrected chi connectivity index (χ2v) is 14.3. The number of unbranched alkanes of at least 4 members (excludes halogenated alkanes) is 1. The predicted octanol–water partition coefficient (Wildman–Crippen LogP) is 11.4. The van der Waals surface area contributed by atoms with Gasteiger partial charge < -0.3 is 8.98 Å². The van der Waals surface area contributed by atoms with E-state index in [2.05, 4.69) is 84.9 Å². The van der Waals surface area contributed by atoms with Gasteiger partial charge in [-0.25, -0.2) is 4.98 Å². The van der Waals surface area contributed by atoms with E-state index in [1.54, 1.807) is 4.80 Å². The van der Waals surface area contributed by atoms with Crippen molar-refractivity contribution < 1.29 is 4.42 Å². The molecule has 0 atom stereocenters. The molecule has 0 fully saturated rings. The molecular weight excluding hydrogens is 774 g/mol. The third kappa shape index (κ3) is 6.71. The van der Waals surface area contributed by atoms with E-state index < -0.39 is 5.54 Å². The van der Waals surface area contributed by atoms with Gasteiger partial charge in [-0.05, 0) is 67.5 Å². The van der Waals surface area contributed by atoms with Crippen molar-refractivity contribution in [3.63, 3.8) is 0 Å². The van der Waals surface area contributed by atoms with E-state index in [0.29, 0.717) is 29.0 Å². The largest absolute Gasteiger partial charge is 0.455 e. The number of azide groups is 1. The van der Waals surface area contributed by atoms with E-state index >= 15 is 0 Å². The first-order valence-electron chi connectivity index (χ1n) is 18.0. The van der Waals surface area contributed by atoms with Crippen LogP contribution in [0.5, 0.6) is 0 Å². The molecule has 0 N–H and O–H groups in total. The maximum absolute atomic E-state index is 9.02.